The van der Waals surface area contributed by atoms with Gasteiger partial charge in [0.05, 0.1) is 18.1 Å². The zero-order valence-electron chi connectivity index (χ0n) is 13.0. The highest BCUT2D eigenvalue weighted by atomic mass is 32.2. The minimum atomic E-state index is -3.40. The van der Waals surface area contributed by atoms with E-state index in [1.165, 1.54) is 0 Å². The molecule has 1 aliphatic carbocycles. The summed E-state index contributed by atoms with van der Waals surface area (Å²) < 4.78 is 32.1. The Morgan fingerprint density at radius 1 is 1.17 bits per heavy atom. The van der Waals surface area contributed by atoms with Crippen LogP contribution in [-0.2, 0) is 26.0 Å². The first-order chi connectivity index (χ1) is 11.0. The molecule has 0 radical (unpaired) electrons. The van der Waals surface area contributed by atoms with Gasteiger partial charge in [0.1, 0.15) is 0 Å². The number of hydrogen-bond acceptors (Lipinski definition) is 4. The number of carbonyl (C=O) groups is 1. The summed E-state index contributed by atoms with van der Waals surface area (Å²) in [4.78, 5) is 14.2. The quantitative estimate of drug-likeness (QED) is 0.837. The Hall–Kier alpha value is -1.44. The number of rotatable bonds is 6. The highest BCUT2D eigenvalue weighted by Gasteiger charge is 2.27. The molecule has 7 heteroatoms. The fourth-order valence-corrected chi connectivity index (χ4v) is 3.85. The molecule has 1 aromatic rings. The number of amides is 1. The summed E-state index contributed by atoms with van der Waals surface area (Å²) in [5, 5.41) is 0. The zero-order chi connectivity index (χ0) is 16.3. The van der Waals surface area contributed by atoms with E-state index in [1.807, 2.05) is 4.90 Å². The molecule has 0 aromatic heterocycles. The largest absolute Gasteiger partial charge is 0.378 e. The average Bonchev–Trinajstić information content (AvgIpc) is 3.37. The van der Waals surface area contributed by atoms with E-state index in [0.29, 0.717) is 39.1 Å². The zero-order valence-corrected chi connectivity index (χ0v) is 13.8. The third-order valence-electron chi connectivity index (χ3n) is 4.12. The molecule has 126 valence electrons. The summed E-state index contributed by atoms with van der Waals surface area (Å²) in [6, 6.07) is 6.89. The molecular formula is C16H22N2O4S. The van der Waals surface area contributed by atoms with Crippen molar-refractivity contribution in [2.24, 2.45) is 0 Å². The van der Waals surface area contributed by atoms with Crippen molar-refractivity contribution in [3.8, 4) is 0 Å². The lowest BCUT2D eigenvalue weighted by molar-refractivity contribution is -0.135. The van der Waals surface area contributed by atoms with E-state index in [1.54, 1.807) is 24.3 Å². The maximum Gasteiger partial charge on any atom is 0.240 e. The molecule has 6 nitrogen and oxygen atoms in total. The molecule has 1 amide bonds. The van der Waals surface area contributed by atoms with Crippen molar-refractivity contribution in [2.45, 2.75) is 36.6 Å². The highest BCUT2D eigenvalue weighted by Crippen LogP contribution is 2.22. The second-order valence-corrected chi connectivity index (χ2v) is 7.75. The summed E-state index contributed by atoms with van der Waals surface area (Å²) in [6.45, 7) is 2.52. The first kappa shape index (κ1) is 16.4. The van der Waals surface area contributed by atoms with Crippen molar-refractivity contribution in [3.63, 3.8) is 0 Å². The summed E-state index contributed by atoms with van der Waals surface area (Å²) in [6.07, 6.45) is 2.89. The minimum absolute atomic E-state index is 0.103. The SMILES string of the molecule is O=C(CCc1ccc(S(=O)(=O)NC2CC2)cc1)N1CCOCC1. The number of nitrogens with one attached hydrogen (secondary N) is 1. The molecule has 1 aromatic carbocycles. The maximum atomic E-state index is 12.1. The first-order valence-electron chi connectivity index (χ1n) is 8.01. The lowest BCUT2D eigenvalue weighted by Gasteiger charge is -2.26. The molecule has 3 rings (SSSR count). The van der Waals surface area contributed by atoms with Crippen molar-refractivity contribution in [2.75, 3.05) is 26.3 Å². The van der Waals surface area contributed by atoms with E-state index in [4.69, 9.17) is 4.74 Å². The average molecular weight is 338 g/mol. The number of morpholine rings is 1. The summed E-state index contributed by atoms with van der Waals surface area (Å²) in [7, 11) is -3.40. The monoisotopic (exact) mass is 338 g/mol. The second kappa shape index (κ2) is 6.98. The summed E-state index contributed by atoms with van der Waals surface area (Å²) in [5.74, 6) is 0.125. The molecular weight excluding hydrogens is 316 g/mol. The van der Waals surface area contributed by atoms with E-state index in [9.17, 15) is 13.2 Å². The van der Waals surface area contributed by atoms with Crippen LogP contribution in [0.25, 0.3) is 0 Å². The number of carbonyl (C=O) groups excluding carboxylic acids is 1. The molecule has 1 heterocycles. The molecule has 0 unspecified atom stereocenters. The van der Waals surface area contributed by atoms with Gasteiger partial charge in [-0.15, -0.1) is 0 Å². The van der Waals surface area contributed by atoms with Crippen molar-refractivity contribution in [1.29, 1.82) is 0 Å². The molecule has 0 atom stereocenters. The molecule has 1 N–H and O–H groups in total. The Morgan fingerprint density at radius 2 is 1.83 bits per heavy atom. The number of nitrogens with zero attached hydrogens (tertiary/aromatic N) is 1. The third kappa shape index (κ3) is 4.53. The van der Waals surface area contributed by atoms with Gasteiger partial charge < -0.3 is 9.64 Å². The molecule has 1 saturated carbocycles. The standard InChI is InChI=1S/C16H22N2O4S/c19-16(18-9-11-22-12-10-18)8-3-13-1-6-15(7-2-13)23(20,21)17-14-4-5-14/h1-2,6-7,14,17H,3-5,8-12H2. The number of benzene rings is 1. The van der Waals surface area contributed by atoms with E-state index < -0.39 is 10.0 Å². The van der Waals surface area contributed by atoms with E-state index in [0.717, 1.165) is 18.4 Å². The van der Waals surface area contributed by atoms with E-state index in [2.05, 4.69) is 4.72 Å². The van der Waals surface area contributed by atoms with Crippen LogP contribution in [0.1, 0.15) is 24.8 Å². The van der Waals surface area contributed by atoms with Gasteiger partial charge in [-0.1, -0.05) is 12.1 Å². The van der Waals surface area contributed by atoms with Gasteiger partial charge in [0, 0.05) is 25.6 Å². The van der Waals surface area contributed by atoms with Crippen molar-refractivity contribution < 1.29 is 17.9 Å². The predicted octanol–water partition coefficient (Wildman–Crippen LogP) is 0.919. The Balaban J connectivity index is 1.53. The number of ether oxygens (including phenoxy) is 1. The molecule has 0 bridgehead atoms. The number of sulfonamides is 1. The molecule has 23 heavy (non-hydrogen) atoms. The lowest BCUT2D eigenvalue weighted by atomic mass is 10.1. The summed E-state index contributed by atoms with van der Waals surface area (Å²) in [5.41, 5.74) is 0.969. The fourth-order valence-electron chi connectivity index (χ4n) is 2.55. The van der Waals surface area contributed by atoms with Gasteiger partial charge >= 0.3 is 0 Å². The van der Waals surface area contributed by atoms with Crippen LogP contribution in [0.15, 0.2) is 29.2 Å². The topological polar surface area (TPSA) is 75.7 Å². The third-order valence-corrected chi connectivity index (χ3v) is 5.66. The fraction of sp³-hybridized carbons (Fsp3) is 0.562. The Kier molecular flexibility index (Phi) is 4.99. The molecule has 1 saturated heterocycles. The van der Waals surface area contributed by atoms with Crippen LogP contribution < -0.4 is 4.72 Å². The highest BCUT2D eigenvalue weighted by molar-refractivity contribution is 7.89. The van der Waals surface area contributed by atoms with Gasteiger partial charge in [0.15, 0.2) is 0 Å². The second-order valence-electron chi connectivity index (χ2n) is 6.03. The molecule has 1 aliphatic heterocycles. The van der Waals surface area contributed by atoms with Crippen LogP contribution in [-0.4, -0.2) is 51.6 Å². The van der Waals surface area contributed by atoms with Crippen molar-refractivity contribution in [1.82, 2.24) is 9.62 Å². The van der Waals surface area contributed by atoms with Gasteiger partial charge in [0.2, 0.25) is 15.9 Å². The Labute approximate surface area is 136 Å². The molecule has 0 spiro atoms. The Bertz CT molecular complexity index is 647. The number of aryl methyl sites for hydroxylation is 1. The molecule has 2 fully saturated rings. The van der Waals surface area contributed by atoms with Crippen LogP contribution in [0.5, 0.6) is 0 Å². The van der Waals surface area contributed by atoms with Gasteiger partial charge in [-0.25, -0.2) is 13.1 Å². The number of hydrogen-bond donors (Lipinski definition) is 1. The van der Waals surface area contributed by atoms with Gasteiger partial charge in [-0.05, 0) is 37.0 Å². The van der Waals surface area contributed by atoms with Gasteiger partial charge in [-0.3, -0.25) is 4.79 Å². The lowest BCUT2D eigenvalue weighted by Crippen LogP contribution is -2.40. The minimum Gasteiger partial charge on any atom is -0.378 e. The molecule has 2 aliphatic rings. The van der Waals surface area contributed by atoms with Crippen LogP contribution in [0.4, 0.5) is 0 Å². The van der Waals surface area contributed by atoms with Crippen LogP contribution in [0.2, 0.25) is 0 Å². The van der Waals surface area contributed by atoms with Crippen molar-refractivity contribution >= 4 is 15.9 Å². The first-order valence-corrected chi connectivity index (χ1v) is 9.50. The Morgan fingerprint density at radius 3 is 2.43 bits per heavy atom. The summed E-state index contributed by atoms with van der Waals surface area (Å²) >= 11 is 0. The van der Waals surface area contributed by atoms with Crippen molar-refractivity contribution in [3.05, 3.63) is 29.8 Å². The predicted molar refractivity (Wildman–Crippen MR) is 85.5 cm³/mol. The van der Waals surface area contributed by atoms with E-state index >= 15 is 0 Å². The van der Waals surface area contributed by atoms with Crippen LogP contribution >= 0.6 is 0 Å². The normalized spacial score (nSPS) is 18.9. The van der Waals surface area contributed by atoms with Crippen LogP contribution in [0.3, 0.4) is 0 Å². The smallest absolute Gasteiger partial charge is 0.240 e. The maximum absolute atomic E-state index is 12.1. The van der Waals surface area contributed by atoms with E-state index in [-0.39, 0.29) is 16.8 Å². The van der Waals surface area contributed by atoms with Gasteiger partial charge in [0.25, 0.3) is 0 Å². The van der Waals surface area contributed by atoms with Gasteiger partial charge in [-0.2, -0.15) is 0 Å². The van der Waals surface area contributed by atoms with Crippen LogP contribution in [0, 0.1) is 0 Å².